The number of amides is 1. The molecule has 0 bridgehead atoms. The summed E-state index contributed by atoms with van der Waals surface area (Å²) in [6.45, 7) is 0.490. The van der Waals surface area contributed by atoms with Crippen molar-refractivity contribution in [2.75, 3.05) is 7.05 Å². The van der Waals surface area contributed by atoms with Crippen LogP contribution in [0.25, 0.3) is 0 Å². The Morgan fingerprint density at radius 3 is 2.36 bits per heavy atom. The molecule has 0 saturated heterocycles. The molecule has 0 radical (unpaired) electrons. The van der Waals surface area contributed by atoms with Crippen LogP contribution in [0.5, 0.6) is 5.75 Å². The Morgan fingerprint density at radius 1 is 1.05 bits per heavy atom. The molecule has 0 fully saturated rings. The van der Waals surface area contributed by atoms with Gasteiger partial charge in [-0.25, -0.2) is 0 Å². The maximum atomic E-state index is 11.9. The average molecular weight is 315 g/mol. The van der Waals surface area contributed by atoms with E-state index in [1.165, 1.54) is 0 Å². The second-order valence-corrected chi connectivity index (χ2v) is 4.87. The molecule has 114 valence electrons. The van der Waals surface area contributed by atoms with Gasteiger partial charge in [-0.05, 0) is 42.0 Å². The molecule has 5 nitrogen and oxygen atoms in total. The minimum atomic E-state index is -0.271. The molecule has 22 heavy (non-hydrogen) atoms. The maximum absolute atomic E-state index is 11.9. The monoisotopic (exact) mass is 315 g/mol. The summed E-state index contributed by atoms with van der Waals surface area (Å²) in [7, 11) is 1.67. The van der Waals surface area contributed by atoms with Gasteiger partial charge in [-0.15, -0.1) is 0 Å². The van der Waals surface area contributed by atoms with Gasteiger partial charge >= 0.3 is 0 Å². The lowest BCUT2D eigenvalue weighted by molar-refractivity contribution is 0.0943. The molecule has 0 aliphatic carbocycles. The van der Waals surface area contributed by atoms with Gasteiger partial charge in [0.15, 0.2) is 5.11 Å². The lowest BCUT2D eigenvalue weighted by atomic mass is 10.2. The minimum absolute atomic E-state index is 0.271. The second kappa shape index (κ2) is 7.99. The molecule has 1 amide bonds. The van der Waals surface area contributed by atoms with E-state index in [4.69, 9.17) is 17.0 Å². The van der Waals surface area contributed by atoms with Crippen molar-refractivity contribution in [2.24, 2.45) is 0 Å². The number of benzene rings is 2. The highest BCUT2D eigenvalue weighted by Gasteiger charge is 2.05. The van der Waals surface area contributed by atoms with Gasteiger partial charge in [-0.2, -0.15) is 0 Å². The molecule has 0 heterocycles. The molecular weight excluding hydrogens is 298 g/mol. The van der Waals surface area contributed by atoms with Gasteiger partial charge < -0.3 is 10.1 Å². The molecule has 2 aromatic carbocycles. The Kier molecular flexibility index (Phi) is 5.73. The molecule has 3 N–H and O–H groups in total. The van der Waals surface area contributed by atoms with Crippen LogP contribution < -0.4 is 20.9 Å². The summed E-state index contributed by atoms with van der Waals surface area (Å²) < 4.78 is 5.66. The van der Waals surface area contributed by atoms with Crippen LogP contribution in [0, 0.1) is 0 Å². The fraction of sp³-hybridized carbons (Fsp3) is 0.125. The first kappa shape index (κ1) is 15.8. The van der Waals surface area contributed by atoms with E-state index in [2.05, 4.69) is 16.2 Å². The first-order valence-electron chi connectivity index (χ1n) is 6.74. The van der Waals surface area contributed by atoms with Crippen LogP contribution in [-0.2, 0) is 6.61 Å². The van der Waals surface area contributed by atoms with Crippen molar-refractivity contribution in [3.05, 3.63) is 65.7 Å². The Hall–Kier alpha value is -2.60. The molecule has 6 heteroatoms. The van der Waals surface area contributed by atoms with Crippen LogP contribution in [0.2, 0.25) is 0 Å². The third-order valence-electron chi connectivity index (χ3n) is 2.88. The molecule has 0 aliphatic heterocycles. The normalized spacial score (nSPS) is 9.68. The van der Waals surface area contributed by atoms with Gasteiger partial charge in [0, 0.05) is 12.6 Å². The predicted octanol–water partition coefficient (Wildman–Crippen LogP) is 2.00. The lowest BCUT2D eigenvalue weighted by Crippen LogP contribution is -2.45. The molecule has 0 aromatic heterocycles. The first-order valence-corrected chi connectivity index (χ1v) is 7.14. The summed E-state index contributed by atoms with van der Waals surface area (Å²) in [6, 6.07) is 16.8. The summed E-state index contributed by atoms with van der Waals surface area (Å²) in [4.78, 5) is 11.9. The van der Waals surface area contributed by atoms with E-state index >= 15 is 0 Å². The number of nitrogens with one attached hydrogen (secondary N) is 3. The number of carbonyl (C=O) groups is 1. The average Bonchev–Trinajstić information content (AvgIpc) is 2.59. The zero-order valence-electron chi connectivity index (χ0n) is 12.1. The van der Waals surface area contributed by atoms with Crippen LogP contribution in [0.1, 0.15) is 15.9 Å². The number of ether oxygens (including phenoxy) is 1. The molecule has 2 rings (SSSR count). The van der Waals surface area contributed by atoms with Crippen molar-refractivity contribution in [3.8, 4) is 5.75 Å². The van der Waals surface area contributed by atoms with Gasteiger partial charge in [0.05, 0.1) is 0 Å². The fourth-order valence-corrected chi connectivity index (χ4v) is 1.74. The number of hydrogen-bond donors (Lipinski definition) is 3. The van der Waals surface area contributed by atoms with Crippen LogP contribution >= 0.6 is 12.2 Å². The zero-order chi connectivity index (χ0) is 15.8. The Morgan fingerprint density at radius 2 is 1.73 bits per heavy atom. The standard InChI is InChI=1S/C16H17N3O2S/c1-17-16(22)19-18-15(20)13-7-9-14(10-8-13)21-11-12-5-3-2-4-6-12/h2-10H,11H2,1H3,(H,18,20)(H2,17,19,22). The van der Waals surface area contributed by atoms with Gasteiger partial charge in [0.1, 0.15) is 12.4 Å². The molecule has 0 unspecified atom stereocenters. The summed E-state index contributed by atoms with van der Waals surface area (Å²) in [6.07, 6.45) is 0. The summed E-state index contributed by atoms with van der Waals surface area (Å²) >= 11 is 4.87. The van der Waals surface area contributed by atoms with Gasteiger partial charge in [-0.1, -0.05) is 30.3 Å². The smallest absolute Gasteiger partial charge is 0.269 e. The highest BCUT2D eigenvalue weighted by atomic mass is 32.1. The van der Waals surface area contributed by atoms with E-state index in [-0.39, 0.29) is 5.91 Å². The SMILES string of the molecule is CNC(=S)NNC(=O)c1ccc(OCc2ccccc2)cc1. The third kappa shape index (κ3) is 4.75. The van der Waals surface area contributed by atoms with E-state index in [9.17, 15) is 4.79 Å². The second-order valence-electron chi connectivity index (χ2n) is 4.46. The number of hydrazine groups is 1. The fourth-order valence-electron chi connectivity index (χ4n) is 1.69. The Labute approximate surface area is 134 Å². The van der Waals surface area contributed by atoms with Crippen molar-refractivity contribution >= 4 is 23.2 Å². The van der Waals surface area contributed by atoms with Crippen molar-refractivity contribution in [1.82, 2.24) is 16.2 Å². The number of hydrogen-bond acceptors (Lipinski definition) is 3. The van der Waals surface area contributed by atoms with E-state index in [0.717, 1.165) is 5.56 Å². The number of carbonyl (C=O) groups excluding carboxylic acids is 1. The van der Waals surface area contributed by atoms with Crippen LogP contribution in [0.15, 0.2) is 54.6 Å². The summed E-state index contributed by atoms with van der Waals surface area (Å²) in [5, 5.41) is 3.04. The van der Waals surface area contributed by atoms with E-state index in [1.54, 1.807) is 31.3 Å². The van der Waals surface area contributed by atoms with Crippen molar-refractivity contribution in [1.29, 1.82) is 0 Å². The van der Waals surface area contributed by atoms with Crippen molar-refractivity contribution < 1.29 is 9.53 Å². The molecule has 0 aliphatic rings. The molecule has 0 spiro atoms. The summed E-state index contributed by atoms with van der Waals surface area (Å²) in [5.74, 6) is 0.436. The molecule has 2 aromatic rings. The minimum Gasteiger partial charge on any atom is -0.489 e. The largest absolute Gasteiger partial charge is 0.489 e. The third-order valence-corrected chi connectivity index (χ3v) is 3.19. The van der Waals surface area contributed by atoms with Crippen LogP contribution in [0.3, 0.4) is 0 Å². The van der Waals surface area contributed by atoms with Crippen molar-refractivity contribution in [3.63, 3.8) is 0 Å². The van der Waals surface area contributed by atoms with E-state index < -0.39 is 0 Å². The van der Waals surface area contributed by atoms with Crippen LogP contribution in [0.4, 0.5) is 0 Å². The molecule has 0 atom stereocenters. The van der Waals surface area contributed by atoms with E-state index in [0.29, 0.717) is 23.0 Å². The Balaban J connectivity index is 1.87. The van der Waals surface area contributed by atoms with Gasteiger partial charge in [0.2, 0.25) is 0 Å². The first-order chi connectivity index (χ1) is 10.7. The summed E-state index contributed by atoms with van der Waals surface area (Å²) in [5.41, 5.74) is 6.68. The maximum Gasteiger partial charge on any atom is 0.269 e. The number of rotatable bonds is 4. The Bertz CT molecular complexity index is 630. The van der Waals surface area contributed by atoms with Gasteiger partial charge in [0.25, 0.3) is 5.91 Å². The van der Waals surface area contributed by atoms with Gasteiger partial charge in [-0.3, -0.25) is 15.6 Å². The molecule has 0 saturated carbocycles. The quantitative estimate of drug-likeness (QED) is 0.595. The van der Waals surface area contributed by atoms with Crippen LogP contribution in [-0.4, -0.2) is 18.1 Å². The highest BCUT2D eigenvalue weighted by Crippen LogP contribution is 2.14. The highest BCUT2D eigenvalue weighted by molar-refractivity contribution is 7.80. The number of thiocarbonyl (C=S) groups is 1. The van der Waals surface area contributed by atoms with Crippen molar-refractivity contribution in [2.45, 2.75) is 6.61 Å². The predicted molar refractivity (Wildman–Crippen MR) is 89.5 cm³/mol. The van der Waals surface area contributed by atoms with E-state index in [1.807, 2.05) is 30.3 Å². The lowest BCUT2D eigenvalue weighted by Gasteiger charge is -2.10. The zero-order valence-corrected chi connectivity index (χ0v) is 12.9. The molecular formula is C16H17N3O2S. The topological polar surface area (TPSA) is 62.4 Å².